The topological polar surface area (TPSA) is 24.5 Å². The molecule has 1 atom stereocenters. The number of likely N-dealkylation sites (tertiary alicyclic amines) is 1. The van der Waals surface area contributed by atoms with Gasteiger partial charge in [-0.2, -0.15) is 0 Å². The van der Waals surface area contributed by atoms with Gasteiger partial charge in [-0.1, -0.05) is 18.5 Å². The van der Waals surface area contributed by atoms with Gasteiger partial charge in [0.25, 0.3) is 0 Å². The highest BCUT2D eigenvalue weighted by Crippen LogP contribution is 2.28. The molecule has 112 valence electrons. The summed E-state index contributed by atoms with van der Waals surface area (Å²) in [6, 6.07) is 6.54. The molecule has 1 N–H and O–H groups in total. The predicted octanol–water partition coefficient (Wildman–Crippen LogP) is 4.03. The minimum absolute atomic E-state index is 0.540. The number of rotatable bonds is 5. The summed E-state index contributed by atoms with van der Waals surface area (Å²) >= 11 is 6.27. The average molecular weight is 297 g/mol. The lowest BCUT2D eigenvalue weighted by atomic mass is 10.1. The molecule has 0 saturated carbocycles. The molecule has 1 aliphatic rings. The van der Waals surface area contributed by atoms with Gasteiger partial charge in [-0.3, -0.25) is 0 Å². The summed E-state index contributed by atoms with van der Waals surface area (Å²) in [6.07, 6.45) is 4.64. The molecule has 0 bridgehead atoms. The summed E-state index contributed by atoms with van der Waals surface area (Å²) in [5.41, 5.74) is 1.09. The van der Waals surface area contributed by atoms with Crippen molar-refractivity contribution in [1.29, 1.82) is 0 Å². The molecule has 3 nitrogen and oxygen atoms in total. The lowest BCUT2D eigenvalue weighted by Crippen LogP contribution is -2.22. The zero-order chi connectivity index (χ0) is 14.4. The Morgan fingerprint density at radius 1 is 1.35 bits per heavy atom. The molecule has 0 aromatic heterocycles. The van der Waals surface area contributed by atoms with Gasteiger partial charge in [0.2, 0.25) is 0 Å². The monoisotopic (exact) mass is 296 g/mol. The van der Waals surface area contributed by atoms with Crippen molar-refractivity contribution in [2.45, 2.75) is 38.6 Å². The maximum absolute atomic E-state index is 6.27. The Hall–Kier alpha value is -0.930. The van der Waals surface area contributed by atoms with E-state index in [-0.39, 0.29) is 0 Å². The average Bonchev–Trinajstić information content (AvgIpc) is 2.63. The third-order valence-electron chi connectivity index (χ3n) is 3.72. The zero-order valence-corrected chi connectivity index (χ0v) is 13.2. The number of hydrogen-bond acceptors (Lipinski definition) is 3. The Morgan fingerprint density at radius 2 is 2.20 bits per heavy atom. The van der Waals surface area contributed by atoms with Crippen molar-refractivity contribution in [3.8, 4) is 5.75 Å². The molecule has 1 unspecified atom stereocenters. The van der Waals surface area contributed by atoms with E-state index in [2.05, 4.69) is 30.3 Å². The first kappa shape index (κ1) is 15.5. The minimum Gasteiger partial charge on any atom is -0.492 e. The number of anilines is 1. The summed E-state index contributed by atoms with van der Waals surface area (Å²) < 4.78 is 5.60. The van der Waals surface area contributed by atoms with Crippen molar-refractivity contribution >= 4 is 17.3 Å². The van der Waals surface area contributed by atoms with E-state index in [1.165, 1.54) is 25.8 Å². The van der Waals surface area contributed by atoms with Gasteiger partial charge in [-0.25, -0.2) is 0 Å². The van der Waals surface area contributed by atoms with Crippen LogP contribution in [0.3, 0.4) is 0 Å². The van der Waals surface area contributed by atoms with E-state index in [9.17, 15) is 0 Å². The van der Waals surface area contributed by atoms with Crippen LogP contribution in [0, 0.1) is 0 Å². The molecule has 4 heteroatoms. The van der Waals surface area contributed by atoms with Crippen molar-refractivity contribution in [2.24, 2.45) is 0 Å². The Bertz CT molecular complexity index is 425. The molecule has 1 aromatic rings. The van der Waals surface area contributed by atoms with Crippen LogP contribution in [0.25, 0.3) is 0 Å². The van der Waals surface area contributed by atoms with E-state index in [0.717, 1.165) is 24.4 Å². The fourth-order valence-corrected chi connectivity index (χ4v) is 2.77. The Labute approximate surface area is 127 Å². The van der Waals surface area contributed by atoms with E-state index >= 15 is 0 Å². The Morgan fingerprint density at radius 3 is 2.95 bits per heavy atom. The summed E-state index contributed by atoms with van der Waals surface area (Å²) in [5, 5.41) is 4.29. The van der Waals surface area contributed by atoms with Gasteiger partial charge in [0.15, 0.2) is 0 Å². The van der Waals surface area contributed by atoms with E-state index < -0.39 is 0 Å². The summed E-state index contributed by atoms with van der Waals surface area (Å²) in [7, 11) is 2.19. The minimum atomic E-state index is 0.540. The Kier molecular flexibility index (Phi) is 5.99. The maximum atomic E-state index is 6.27. The van der Waals surface area contributed by atoms with Crippen LogP contribution < -0.4 is 10.1 Å². The van der Waals surface area contributed by atoms with Crippen LogP contribution in [0.5, 0.6) is 5.75 Å². The van der Waals surface area contributed by atoms with E-state index in [4.69, 9.17) is 16.3 Å². The number of hydrogen-bond donors (Lipinski definition) is 1. The van der Waals surface area contributed by atoms with Crippen molar-refractivity contribution < 1.29 is 4.74 Å². The van der Waals surface area contributed by atoms with Crippen LogP contribution in [0.15, 0.2) is 18.2 Å². The molecule has 1 aliphatic heterocycles. The molecule has 1 fully saturated rings. The van der Waals surface area contributed by atoms with E-state index in [1.54, 1.807) is 0 Å². The van der Waals surface area contributed by atoms with Crippen molar-refractivity contribution in [2.75, 3.05) is 32.1 Å². The van der Waals surface area contributed by atoms with E-state index in [1.807, 2.05) is 12.1 Å². The van der Waals surface area contributed by atoms with Crippen LogP contribution >= 0.6 is 11.6 Å². The fourth-order valence-electron chi connectivity index (χ4n) is 2.54. The molecule has 0 radical (unpaired) electrons. The second kappa shape index (κ2) is 7.75. The molecule has 0 aliphatic carbocycles. The number of halogens is 1. The lowest BCUT2D eigenvalue weighted by molar-refractivity contribution is 0.317. The summed E-state index contributed by atoms with van der Waals surface area (Å²) in [4.78, 5) is 2.40. The molecule has 20 heavy (non-hydrogen) atoms. The molecule has 1 saturated heterocycles. The molecule has 2 rings (SSSR count). The van der Waals surface area contributed by atoms with Gasteiger partial charge in [0.05, 0.1) is 11.6 Å². The predicted molar refractivity (Wildman–Crippen MR) is 86.0 cm³/mol. The van der Waals surface area contributed by atoms with Gasteiger partial charge in [-0.05, 0) is 64.0 Å². The zero-order valence-electron chi connectivity index (χ0n) is 12.5. The van der Waals surface area contributed by atoms with Crippen molar-refractivity contribution in [1.82, 2.24) is 4.90 Å². The third-order valence-corrected chi connectivity index (χ3v) is 4.01. The lowest BCUT2D eigenvalue weighted by Gasteiger charge is -2.19. The van der Waals surface area contributed by atoms with Gasteiger partial charge in [0.1, 0.15) is 5.75 Å². The highest BCUT2D eigenvalue weighted by molar-refractivity contribution is 6.32. The molecule has 0 amide bonds. The largest absolute Gasteiger partial charge is 0.492 e. The fraction of sp³-hybridized carbons (Fsp3) is 0.625. The quantitative estimate of drug-likeness (QED) is 0.888. The van der Waals surface area contributed by atoms with Crippen molar-refractivity contribution in [3.05, 3.63) is 23.2 Å². The van der Waals surface area contributed by atoms with Crippen LogP contribution in [0.1, 0.15) is 32.6 Å². The first-order chi connectivity index (χ1) is 9.69. The van der Waals surface area contributed by atoms with Gasteiger partial charge >= 0.3 is 0 Å². The smallest absolute Gasteiger partial charge is 0.138 e. The summed E-state index contributed by atoms with van der Waals surface area (Å²) in [5.74, 6) is 0.777. The normalized spacial score (nSPS) is 20.4. The molecule has 0 spiro atoms. The highest BCUT2D eigenvalue weighted by Gasteiger charge is 2.15. The van der Waals surface area contributed by atoms with Gasteiger partial charge in [-0.15, -0.1) is 0 Å². The van der Waals surface area contributed by atoms with Gasteiger partial charge in [0, 0.05) is 11.7 Å². The molecular formula is C16H25ClN2O. The van der Waals surface area contributed by atoms with Crippen LogP contribution in [-0.4, -0.2) is 37.7 Å². The number of nitrogens with one attached hydrogen (secondary N) is 1. The third kappa shape index (κ3) is 4.57. The number of ether oxygens (including phenoxy) is 1. The second-order valence-electron chi connectivity index (χ2n) is 5.57. The SMILES string of the molecule is CCCOc1ccc(NC2CCCN(C)CC2)cc1Cl. The van der Waals surface area contributed by atoms with Gasteiger partial charge < -0.3 is 15.0 Å². The Balaban J connectivity index is 1.94. The standard InChI is InChI=1S/C16H25ClN2O/c1-3-11-20-16-7-6-14(12-15(16)17)18-13-5-4-9-19(2)10-8-13/h6-7,12-13,18H,3-5,8-11H2,1-2H3. The van der Waals surface area contributed by atoms with E-state index in [0.29, 0.717) is 17.7 Å². The first-order valence-electron chi connectivity index (χ1n) is 7.56. The molecular weight excluding hydrogens is 272 g/mol. The van der Waals surface area contributed by atoms with Crippen LogP contribution in [0.4, 0.5) is 5.69 Å². The van der Waals surface area contributed by atoms with Crippen LogP contribution in [-0.2, 0) is 0 Å². The first-order valence-corrected chi connectivity index (χ1v) is 7.94. The van der Waals surface area contributed by atoms with Crippen molar-refractivity contribution in [3.63, 3.8) is 0 Å². The second-order valence-corrected chi connectivity index (χ2v) is 5.98. The maximum Gasteiger partial charge on any atom is 0.138 e. The van der Waals surface area contributed by atoms with Crippen LogP contribution in [0.2, 0.25) is 5.02 Å². The number of benzene rings is 1. The molecule has 1 heterocycles. The highest BCUT2D eigenvalue weighted by atomic mass is 35.5. The number of nitrogens with zero attached hydrogens (tertiary/aromatic N) is 1. The summed E-state index contributed by atoms with van der Waals surface area (Å²) in [6.45, 7) is 5.15. The molecule has 1 aromatic carbocycles.